The van der Waals surface area contributed by atoms with Gasteiger partial charge in [-0.15, -0.1) is 0 Å². The third kappa shape index (κ3) is 4.17. The first-order valence-electron chi connectivity index (χ1n) is 7.79. The highest BCUT2D eigenvalue weighted by atomic mass is 16.1. The van der Waals surface area contributed by atoms with E-state index in [0.717, 1.165) is 6.54 Å². The van der Waals surface area contributed by atoms with Crippen LogP contribution in [0.25, 0.3) is 0 Å². The molecule has 1 aromatic rings. The molecule has 0 aromatic heterocycles. The molecule has 0 saturated carbocycles. The molecule has 0 atom stereocenters. The molecule has 0 N–H and O–H groups in total. The van der Waals surface area contributed by atoms with Crippen LogP contribution < -0.4 is 0 Å². The van der Waals surface area contributed by atoms with E-state index in [1.54, 1.807) is 0 Å². The minimum Gasteiger partial charge on any atom is -0.299 e. The molecule has 2 rings (SSSR count). The molecule has 20 heavy (non-hydrogen) atoms. The fourth-order valence-corrected chi connectivity index (χ4v) is 2.68. The monoisotopic (exact) mass is 273 g/mol. The van der Waals surface area contributed by atoms with Crippen LogP contribution in [0.15, 0.2) is 24.3 Å². The fourth-order valence-electron chi connectivity index (χ4n) is 2.68. The minimum atomic E-state index is -0.252. The van der Waals surface area contributed by atoms with Gasteiger partial charge in [-0.05, 0) is 37.1 Å². The SMILES string of the molecule is CC(C)(C)C(=O)Cc1ccccc1CN1CCCCC1. The average Bonchev–Trinajstić information content (AvgIpc) is 2.41. The third-order valence-corrected chi connectivity index (χ3v) is 4.15. The van der Waals surface area contributed by atoms with Crippen molar-refractivity contribution in [3.63, 3.8) is 0 Å². The lowest BCUT2D eigenvalue weighted by Crippen LogP contribution is -2.30. The summed E-state index contributed by atoms with van der Waals surface area (Å²) in [5, 5.41) is 0. The van der Waals surface area contributed by atoms with Crippen molar-refractivity contribution in [2.45, 2.75) is 53.0 Å². The van der Waals surface area contributed by atoms with Crippen molar-refractivity contribution >= 4 is 5.78 Å². The number of Topliss-reactive ketones (excluding diaryl/α,β-unsaturated/α-hetero) is 1. The van der Waals surface area contributed by atoms with Gasteiger partial charge in [0.05, 0.1) is 0 Å². The third-order valence-electron chi connectivity index (χ3n) is 4.15. The number of nitrogens with zero attached hydrogens (tertiary/aromatic N) is 1. The Morgan fingerprint density at radius 1 is 1.05 bits per heavy atom. The molecule has 1 fully saturated rings. The molecule has 0 spiro atoms. The molecule has 1 aromatic carbocycles. The number of hydrogen-bond acceptors (Lipinski definition) is 2. The quantitative estimate of drug-likeness (QED) is 0.831. The molecule has 1 aliphatic heterocycles. The summed E-state index contributed by atoms with van der Waals surface area (Å²) in [7, 11) is 0. The summed E-state index contributed by atoms with van der Waals surface area (Å²) in [6.07, 6.45) is 4.54. The van der Waals surface area contributed by atoms with Crippen molar-refractivity contribution in [2.24, 2.45) is 5.41 Å². The van der Waals surface area contributed by atoms with E-state index in [1.807, 2.05) is 26.8 Å². The van der Waals surface area contributed by atoms with E-state index in [0.29, 0.717) is 12.2 Å². The molecule has 1 heterocycles. The summed E-state index contributed by atoms with van der Waals surface area (Å²) < 4.78 is 0. The largest absolute Gasteiger partial charge is 0.299 e. The van der Waals surface area contributed by atoms with Crippen molar-refractivity contribution in [3.05, 3.63) is 35.4 Å². The number of likely N-dealkylation sites (tertiary alicyclic amines) is 1. The van der Waals surface area contributed by atoms with Crippen LogP contribution in [0.3, 0.4) is 0 Å². The highest BCUT2D eigenvalue weighted by Crippen LogP contribution is 2.21. The maximum Gasteiger partial charge on any atom is 0.142 e. The van der Waals surface area contributed by atoms with Crippen LogP contribution in [0.2, 0.25) is 0 Å². The molecule has 1 saturated heterocycles. The summed E-state index contributed by atoms with van der Waals surface area (Å²) in [5.74, 6) is 0.323. The summed E-state index contributed by atoms with van der Waals surface area (Å²) in [5.41, 5.74) is 2.28. The Morgan fingerprint density at radius 3 is 2.25 bits per heavy atom. The van der Waals surface area contributed by atoms with Crippen molar-refractivity contribution < 1.29 is 4.79 Å². The fraction of sp³-hybridized carbons (Fsp3) is 0.611. The van der Waals surface area contributed by atoms with Gasteiger partial charge in [-0.25, -0.2) is 0 Å². The first-order chi connectivity index (χ1) is 9.47. The Morgan fingerprint density at radius 2 is 1.65 bits per heavy atom. The van der Waals surface area contributed by atoms with Gasteiger partial charge in [-0.1, -0.05) is 51.5 Å². The Labute approximate surface area is 123 Å². The van der Waals surface area contributed by atoms with Crippen LogP contribution in [-0.2, 0) is 17.8 Å². The Bertz CT molecular complexity index is 453. The van der Waals surface area contributed by atoms with Gasteiger partial charge in [-0.2, -0.15) is 0 Å². The maximum absolute atomic E-state index is 12.3. The van der Waals surface area contributed by atoms with E-state index >= 15 is 0 Å². The number of hydrogen-bond donors (Lipinski definition) is 0. The molecular formula is C18H27NO. The second-order valence-corrected chi connectivity index (χ2v) is 6.96. The van der Waals surface area contributed by atoms with E-state index in [4.69, 9.17) is 0 Å². The molecule has 0 radical (unpaired) electrons. The second kappa shape index (κ2) is 6.53. The molecule has 0 bridgehead atoms. The van der Waals surface area contributed by atoms with Gasteiger partial charge in [0.25, 0.3) is 0 Å². The van der Waals surface area contributed by atoms with E-state index < -0.39 is 0 Å². The highest BCUT2D eigenvalue weighted by molar-refractivity contribution is 5.85. The van der Waals surface area contributed by atoms with Crippen molar-refractivity contribution in [2.75, 3.05) is 13.1 Å². The summed E-state index contributed by atoms with van der Waals surface area (Å²) in [4.78, 5) is 14.8. The predicted molar refractivity (Wildman–Crippen MR) is 83.7 cm³/mol. The molecule has 2 heteroatoms. The minimum absolute atomic E-state index is 0.252. The zero-order valence-electron chi connectivity index (χ0n) is 13.1. The number of carbonyl (C=O) groups is 1. The van der Waals surface area contributed by atoms with Crippen LogP contribution in [0.4, 0.5) is 0 Å². The highest BCUT2D eigenvalue weighted by Gasteiger charge is 2.22. The number of benzene rings is 1. The van der Waals surface area contributed by atoms with E-state index in [-0.39, 0.29) is 5.41 Å². The van der Waals surface area contributed by atoms with Crippen LogP contribution in [0.1, 0.15) is 51.2 Å². The summed E-state index contributed by atoms with van der Waals surface area (Å²) in [6, 6.07) is 8.43. The smallest absolute Gasteiger partial charge is 0.142 e. The second-order valence-electron chi connectivity index (χ2n) is 6.96. The van der Waals surface area contributed by atoms with Crippen LogP contribution in [-0.4, -0.2) is 23.8 Å². The Kier molecular flexibility index (Phi) is 4.98. The molecule has 110 valence electrons. The van der Waals surface area contributed by atoms with Gasteiger partial charge < -0.3 is 0 Å². The lowest BCUT2D eigenvalue weighted by molar-refractivity contribution is -0.125. The lowest BCUT2D eigenvalue weighted by atomic mass is 9.86. The zero-order chi connectivity index (χ0) is 14.6. The Balaban J connectivity index is 2.07. The first kappa shape index (κ1) is 15.2. The van der Waals surface area contributed by atoms with Crippen molar-refractivity contribution in [1.82, 2.24) is 4.90 Å². The van der Waals surface area contributed by atoms with E-state index in [2.05, 4.69) is 23.1 Å². The molecule has 0 amide bonds. The van der Waals surface area contributed by atoms with Crippen molar-refractivity contribution in [1.29, 1.82) is 0 Å². The average molecular weight is 273 g/mol. The topological polar surface area (TPSA) is 20.3 Å². The number of piperidine rings is 1. The van der Waals surface area contributed by atoms with Gasteiger partial charge in [0.1, 0.15) is 5.78 Å². The van der Waals surface area contributed by atoms with Crippen LogP contribution in [0, 0.1) is 5.41 Å². The number of ketones is 1. The maximum atomic E-state index is 12.3. The summed E-state index contributed by atoms with van der Waals surface area (Å²) >= 11 is 0. The summed E-state index contributed by atoms with van der Waals surface area (Å²) in [6.45, 7) is 9.39. The number of rotatable bonds is 4. The number of carbonyl (C=O) groups excluding carboxylic acids is 1. The van der Waals surface area contributed by atoms with Crippen LogP contribution >= 0.6 is 0 Å². The first-order valence-corrected chi connectivity index (χ1v) is 7.79. The van der Waals surface area contributed by atoms with E-state index in [9.17, 15) is 4.79 Å². The van der Waals surface area contributed by atoms with Crippen LogP contribution in [0.5, 0.6) is 0 Å². The molecule has 0 unspecified atom stereocenters. The molecule has 1 aliphatic rings. The predicted octanol–water partition coefficient (Wildman–Crippen LogP) is 3.83. The van der Waals surface area contributed by atoms with Gasteiger partial charge >= 0.3 is 0 Å². The standard InChI is InChI=1S/C18H27NO/c1-18(2,3)17(20)13-15-9-5-6-10-16(15)14-19-11-7-4-8-12-19/h5-6,9-10H,4,7-8,11-14H2,1-3H3. The molecular weight excluding hydrogens is 246 g/mol. The molecule has 0 aliphatic carbocycles. The van der Waals surface area contributed by atoms with Gasteiger partial charge in [0.15, 0.2) is 0 Å². The van der Waals surface area contributed by atoms with Gasteiger partial charge in [-0.3, -0.25) is 9.69 Å². The van der Waals surface area contributed by atoms with E-state index in [1.165, 1.54) is 43.5 Å². The lowest BCUT2D eigenvalue weighted by Gasteiger charge is -2.27. The van der Waals surface area contributed by atoms with Gasteiger partial charge in [0.2, 0.25) is 0 Å². The Hall–Kier alpha value is -1.15. The van der Waals surface area contributed by atoms with Gasteiger partial charge in [0, 0.05) is 18.4 Å². The zero-order valence-corrected chi connectivity index (χ0v) is 13.1. The van der Waals surface area contributed by atoms with Crippen molar-refractivity contribution in [3.8, 4) is 0 Å². The normalized spacial score (nSPS) is 17.1. The molecule has 2 nitrogen and oxygen atoms in total.